The Morgan fingerprint density at radius 1 is 0.806 bits per heavy atom. The molecule has 6 atom stereocenters. The van der Waals surface area contributed by atoms with Gasteiger partial charge in [0.2, 0.25) is 35.4 Å². The zero-order valence-electron chi connectivity index (χ0n) is 35.5. The standard InChI is InChI=1S/C27H38N6O8.C15H24N4O2/c1-17(34)8-5-6-12-23(36)29-19-11-7-13-33(26(19)39)16-24(37)32-31-20(15-22(28)35)25(38)30-21(27(40)41)14-18-9-3-2-4-10-18;1-3-10(2)13(19-17)15(21)18-12(14(16)20)9-11-7-5-4-6-8-11/h2-4,9-10,19-21,31H,5-8,11-16H2,1H3,(H2,28,35)(H,29,36)(H,30,38)(H,32,37)(H,40,41);4-8,10,12-13,19H,3,9,17H2,1-2H3,(H2,16,20)(H,18,21)/t19?,20-,21-;10-,12-,13-/m00/s1. The number of likely N-dealkylation sites (tertiary alicyclic amines) is 1. The average Bonchev–Trinajstić information content (AvgIpc) is 3.22. The Morgan fingerprint density at radius 3 is 1.89 bits per heavy atom. The van der Waals surface area contributed by atoms with Crippen molar-refractivity contribution >= 4 is 53.1 Å². The van der Waals surface area contributed by atoms with Crippen LogP contribution < -0.4 is 49.5 Å². The zero-order chi connectivity index (χ0) is 46.2. The quantitative estimate of drug-likeness (QED) is 0.0326. The van der Waals surface area contributed by atoms with Gasteiger partial charge < -0.3 is 42.2 Å². The SMILES string of the molecule is CC(=O)CCCCC(=O)NC1CCCN(CC(=O)NN[C@@H](CC(N)=O)C(=O)N[C@@H](Cc2ccccc2)C(=O)O)C1=O.CC[C@H](C)[C@H](NN)C(=O)N[C@@H](Cc1ccccc1)C(N)=O. The maximum atomic E-state index is 12.8. The number of carbonyl (C=O) groups is 9. The third-order valence-electron chi connectivity index (χ3n) is 10.0. The molecule has 0 aromatic heterocycles. The summed E-state index contributed by atoms with van der Waals surface area (Å²) >= 11 is 0. The van der Waals surface area contributed by atoms with Crippen LogP contribution in [0.5, 0.6) is 0 Å². The lowest BCUT2D eigenvalue weighted by atomic mass is 9.98. The van der Waals surface area contributed by atoms with Gasteiger partial charge in [0, 0.05) is 32.2 Å². The molecule has 0 spiro atoms. The lowest BCUT2D eigenvalue weighted by molar-refractivity contribution is -0.143. The van der Waals surface area contributed by atoms with Crippen LogP contribution in [0.15, 0.2) is 60.7 Å². The van der Waals surface area contributed by atoms with Gasteiger partial charge in [0.1, 0.15) is 42.5 Å². The van der Waals surface area contributed by atoms with E-state index in [1.165, 1.54) is 11.8 Å². The molecule has 2 aromatic carbocycles. The Hall–Kier alpha value is -6.25. The minimum absolute atomic E-state index is 0.00917. The highest BCUT2D eigenvalue weighted by atomic mass is 16.4. The van der Waals surface area contributed by atoms with Gasteiger partial charge in [0.15, 0.2) is 0 Å². The number of amides is 7. The number of rotatable bonds is 25. The number of nitrogens with two attached hydrogens (primary N) is 3. The van der Waals surface area contributed by atoms with Gasteiger partial charge in [-0.15, -0.1) is 0 Å². The van der Waals surface area contributed by atoms with Crippen LogP contribution in [0.4, 0.5) is 0 Å². The van der Waals surface area contributed by atoms with E-state index in [-0.39, 0.29) is 49.4 Å². The smallest absolute Gasteiger partial charge is 0.326 e. The molecule has 20 nitrogen and oxygen atoms in total. The molecule has 2 aromatic rings. The second-order valence-corrected chi connectivity index (χ2v) is 15.1. The Bertz CT molecular complexity index is 1820. The van der Waals surface area contributed by atoms with E-state index in [9.17, 15) is 48.3 Å². The van der Waals surface area contributed by atoms with Crippen LogP contribution >= 0.6 is 0 Å². The number of aliphatic carboxylic acids is 1. The number of hydrogen-bond donors (Lipinski definition) is 10. The summed E-state index contributed by atoms with van der Waals surface area (Å²) < 4.78 is 0. The maximum absolute atomic E-state index is 12.8. The summed E-state index contributed by atoms with van der Waals surface area (Å²) in [6, 6.07) is 13.3. The molecule has 0 bridgehead atoms. The largest absolute Gasteiger partial charge is 0.480 e. The van der Waals surface area contributed by atoms with Crippen LogP contribution in [0, 0.1) is 5.92 Å². The van der Waals surface area contributed by atoms with Gasteiger partial charge in [-0.3, -0.25) is 44.8 Å². The number of unbranched alkanes of at least 4 members (excludes halogenated alkanes) is 1. The Kier molecular flexibility index (Phi) is 23.1. The summed E-state index contributed by atoms with van der Waals surface area (Å²) in [4.78, 5) is 110. The highest BCUT2D eigenvalue weighted by Gasteiger charge is 2.32. The number of primary amides is 2. The summed E-state index contributed by atoms with van der Waals surface area (Å²) in [5.74, 6) is 0.190. The number of carbonyl (C=O) groups excluding carboxylic acids is 8. The average molecular weight is 867 g/mol. The van der Waals surface area contributed by atoms with Crippen LogP contribution in [-0.4, -0.2) is 106 Å². The fourth-order valence-corrected chi connectivity index (χ4v) is 6.34. The Morgan fingerprint density at radius 2 is 1.37 bits per heavy atom. The van der Waals surface area contributed by atoms with Crippen molar-refractivity contribution in [2.45, 2.75) is 115 Å². The molecule has 1 fully saturated rings. The third-order valence-corrected chi connectivity index (χ3v) is 10.0. The van der Waals surface area contributed by atoms with Crippen molar-refractivity contribution in [3.63, 3.8) is 0 Å². The van der Waals surface area contributed by atoms with Gasteiger partial charge in [-0.1, -0.05) is 80.9 Å². The summed E-state index contributed by atoms with van der Waals surface area (Å²) in [7, 11) is 0. The van der Waals surface area contributed by atoms with Gasteiger partial charge in [-0.2, -0.15) is 0 Å². The first-order valence-corrected chi connectivity index (χ1v) is 20.5. The molecule has 7 amide bonds. The van der Waals surface area contributed by atoms with Gasteiger partial charge >= 0.3 is 5.97 Å². The zero-order valence-corrected chi connectivity index (χ0v) is 35.5. The third kappa shape index (κ3) is 19.4. The maximum Gasteiger partial charge on any atom is 0.326 e. The normalized spacial score (nSPS) is 15.8. The van der Waals surface area contributed by atoms with E-state index in [0.29, 0.717) is 44.1 Å². The predicted octanol–water partition coefficient (Wildman–Crippen LogP) is -1.00. The van der Waals surface area contributed by atoms with Crippen molar-refractivity contribution in [1.82, 2.24) is 37.1 Å². The van der Waals surface area contributed by atoms with Crippen LogP contribution in [0.3, 0.4) is 0 Å². The molecule has 0 aliphatic carbocycles. The van der Waals surface area contributed by atoms with Crippen molar-refractivity contribution in [2.24, 2.45) is 23.2 Å². The van der Waals surface area contributed by atoms with Gasteiger partial charge in [0.05, 0.1) is 6.42 Å². The van der Waals surface area contributed by atoms with E-state index in [2.05, 4.69) is 32.2 Å². The van der Waals surface area contributed by atoms with Crippen molar-refractivity contribution in [1.29, 1.82) is 0 Å². The second-order valence-electron chi connectivity index (χ2n) is 15.1. The number of hydrazine groups is 2. The van der Waals surface area contributed by atoms with Crippen molar-refractivity contribution in [2.75, 3.05) is 13.1 Å². The second kappa shape index (κ2) is 27.6. The number of carboxylic acids is 1. The van der Waals surface area contributed by atoms with Gasteiger partial charge in [-0.05, 0) is 49.7 Å². The van der Waals surface area contributed by atoms with E-state index in [1.54, 1.807) is 30.3 Å². The van der Waals surface area contributed by atoms with Gasteiger partial charge in [-0.25, -0.2) is 15.6 Å². The number of hydrogen-bond acceptors (Lipinski definition) is 12. The molecule has 1 aliphatic heterocycles. The van der Waals surface area contributed by atoms with E-state index in [1.807, 2.05) is 44.2 Å². The number of piperidine rings is 1. The number of nitrogens with zero attached hydrogens (tertiary/aromatic N) is 1. The first-order chi connectivity index (χ1) is 29.4. The highest BCUT2D eigenvalue weighted by Crippen LogP contribution is 2.13. The van der Waals surface area contributed by atoms with E-state index in [0.717, 1.165) is 12.0 Å². The topological polar surface area (TPSA) is 327 Å². The molecule has 13 N–H and O–H groups in total. The molecule has 20 heteroatoms. The highest BCUT2D eigenvalue weighted by molar-refractivity contribution is 5.93. The Balaban J connectivity index is 0.000000528. The van der Waals surface area contributed by atoms with E-state index < -0.39 is 72.1 Å². The first-order valence-electron chi connectivity index (χ1n) is 20.5. The molecule has 0 saturated carbocycles. The number of benzene rings is 2. The summed E-state index contributed by atoms with van der Waals surface area (Å²) in [5, 5.41) is 17.3. The molecule has 62 heavy (non-hydrogen) atoms. The minimum atomic E-state index is -1.37. The van der Waals surface area contributed by atoms with Gasteiger partial charge in [0.25, 0.3) is 5.91 Å². The fourth-order valence-electron chi connectivity index (χ4n) is 6.34. The monoisotopic (exact) mass is 866 g/mol. The lowest BCUT2D eigenvalue weighted by Gasteiger charge is -2.32. The molecule has 3 rings (SSSR count). The molecule has 340 valence electrons. The van der Waals surface area contributed by atoms with Crippen LogP contribution in [0.25, 0.3) is 0 Å². The lowest BCUT2D eigenvalue weighted by Crippen LogP contribution is -2.58. The summed E-state index contributed by atoms with van der Waals surface area (Å²) in [6.07, 6.45) is 3.25. The fraction of sp³-hybridized carbons (Fsp3) is 0.500. The predicted molar refractivity (Wildman–Crippen MR) is 227 cm³/mol. The number of carboxylic acid groups (broad SMARTS) is 1. The Labute approximate surface area is 361 Å². The first kappa shape index (κ1) is 51.9. The van der Waals surface area contributed by atoms with Crippen LogP contribution in [0.2, 0.25) is 0 Å². The molecule has 1 heterocycles. The van der Waals surface area contributed by atoms with Crippen LogP contribution in [-0.2, 0) is 56.0 Å². The number of nitrogens with one attached hydrogen (secondary N) is 6. The summed E-state index contributed by atoms with van der Waals surface area (Å²) in [5.41, 5.74) is 19.4. The number of ketones is 1. The molecular weight excluding hydrogens is 805 g/mol. The van der Waals surface area contributed by atoms with Crippen LogP contribution in [0.1, 0.15) is 83.3 Å². The molecule has 1 unspecified atom stereocenters. The van der Waals surface area contributed by atoms with Crippen molar-refractivity contribution < 1.29 is 48.3 Å². The summed E-state index contributed by atoms with van der Waals surface area (Å²) in [6.45, 7) is 5.27. The number of Topliss-reactive ketones (excluding diaryl/α,β-unsaturated/α-hetero) is 1. The molecule has 0 radical (unpaired) electrons. The van der Waals surface area contributed by atoms with Crippen molar-refractivity contribution in [3.05, 3.63) is 71.8 Å². The van der Waals surface area contributed by atoms with E-state index >= 15 is 0 Å². The molecule has 1 saturated heterocycles. The molecular formula is C42H62N10O10. The van der Waals surface area contributed by atoms with Crippen molar-refractivity contribution in [3.8, 4) is 0 Å². The van der Waals surface area contributed by atoms with E-state index in [4.69, 9.17) is 17.3 Å². The molecule has 1 aliphatic rings. The minimum Gasteiger partial charge on any atom is -0.480 e.